The molecule has 1 aliphatic heterocycles. The van der Waals surface area contributed by atoms with Gasteiger partial charge in [-0.05, 0) is 25.1 Å². The van der Waals surface area contributed by atoms with Crippen LogP contribution >= 0.6 is 11.6 Å². The van der Waals surface area contributed by atoms with Gasteiger partial charge < -0.3 is 9.80 Å². The van der Waals surface area contributed by atoms with Gasteiger partial charge in [-0.25, -0.2) is 9.67 Å². The Morgan fingerprint density at radius 1 is 1.17 bits per heavy atom. The van der Waals surface area contributed by atoms with Crippen molar-refractivity contribution in [1.29, 1.82) is 0 Å². The molecule has 0 radical (unpaired) electrons. The minimum Gasteiger partial charge on any atom is -0.352 e. The molecule has 1 fully saturated rings. The number of pyridine rings is 1. The van der Waals surface area contributed by atoms with Gasteiger partial charge in [0.1, 0.15) is 5.82 Å². The second kappa shape index (κ2) is 8.07. The van der Waals surface area contributed by atoms with Crippen molar-refractivity contribution < 1.29 is 9.72 Å². The molecule has 154 valence electrons. The predicted octanol–water partition coefficient (Wildman–Crippen LogP) is 2.49. The molecule has 2 aromatic heterocycles. The molecule has 30 heavy (non-hydrogen) atoms. The summed E-state index contributed by atoms with van der Waals surface area (Å²) in [5, 5.41) is 19.7. The van der Waals surface area contributed by atoms with Crippen molar-refractivity contribution in [3.8, 4) is 5.69 Å². The summed E-state index contributed by atoms with van der Waals surface area (Å²) >= 11 is 6.22. The molecule has 10 nitrogen and oxygen atoms in total. The van der Waals surface area contributed by atoms with Gasteiger partial charge in [0.2, 0.25) is 0 Å². The van der Waals surface area contributed by atoms with Crippen molar-refractivity contribution in [2.75, 3.05) is 31.1 Å². The molecule has 0 N–H and O–H groups in total. The lowest BCUT2D eigenvalue weighted by Gasteiger charge is -2.35. The first kappa shape index (κ1) is 19.8. The van der Waals surface area contributed by atoms with Crippen LogP contribution in [0.4, 0.5) is 11.5 Å². The van der Waals surface area contributed by atoms with E-state index in [-0.39, 0.29) is 17.3 Å². The average molecular weight is 428 g/mol. The number of non-ortho nitro benzene ring substituents is 1. The van der Waals surface area contributed by atoms with Crippen molar-refractivity contribution in [1.82, 2.24) is 24.9 Å². The number of amides is 1. The number of aromatic nitrogens is 4. The molecule has 0 saturated carbocycles. The van der Waals surface area contributed by atoms with Gasteiger partial charge in [-0.1, -0.05) is 22.9 Å². The van der Waals surface area contributed by atoms with E-state index in [0.717, 1.165) is 0 Å². The number of nitro benzene ring substituents is 1. The average Bonchev–Trinajstić information content (AvgIpc) is 3.15. The third kappa shape index (κ3) is 3.69. The number of carbonyl (C=O) groups is 1. The lowest BCUT2D eigenvalue weighted by molar-refractivity contribution is -0.384. The summed E-state index contributed by atoms with van der Waals surface area (Å²) < 4.78 is 1.43. The molecule has 0 bridgehead atoms. The van der Waals surface area contributed by atoms with Crippen LogP contribution in [0.2, 0.25) is 5.02 Å². The molecule has 3 aromatic rings. The van der Waals surface area contributed by atoms with Crippen molar-refractivity contribution in [3.63, 3.8) is 0 Å². The summed E-state index contributed by atoms with van der Waals surface area (Å²) in [5.74, 6) is 0.481. The highest BCUT2D eigenvalue weighted by atomic mass is 35.5. The summed E-state index contributed by atoms with van der Waals surface area (Å²) in [4.78, 5) is 31.6. The van der Waals surface area contributed by atoms with Gasteiger partial charge in [0.15, 0.2) is 5.69 Å². The molecule has 0 spiro atoms. The zero-order valence-corrected chi connectivity index (χ0v) is 16.9. The quantitative estimate of drug-likeness (QED) is 0.464. The van der Waals surface area contributed by atoms with Crippen LogP contribution in [0.3, 0.4) is 0 Å². The highest BCUT2D eigenvalue weighted by molar-refractivity contribution is 6.32. The number of anilines is 1. The highest BCUT2D eigenvalue weighted by Crippen LogP contribution is 2.24. The van der Waals surface area contributed by atoms with E-state index in [9.17, 15) is 14.9 Å². The maximum atomic E-state index is 13.0. The summed E-state index contributed by atoms with van der Waals surface area (Å²) in [5.41, 5.74) is 1.17. The normalized spacial score (nSPS) is 14.1. The smallest absolute Gasteiger partial charge is 0.276 e. The molecular formula is C19H18ClN7O3. The Bertz CT molecular complexity index is 1110. The number of benzene rings is 1. The number of piperazine rings is 1. The van der Waals surface area contributed by atoms with Crippen LogP contribution in [-0.4, -0.2) is 61.9 Å². The molecule has 0 aliphatic carbocycles. The summed E-state index contributed by atoms with van der Waals surface area (Å²) in [6, 6.07) is 9.60. The first-order valence-electron chi connectivity index (χ1n) is 9.27. The van der Waals surface area contributed by atoms with E-state index in [0.29, 0.717) is 48.4 Å². The molecule has 4 rings (SSSR count). The molecule has 1 aliphatic rings. The first-order valence-corrected chi connectivity index (χ1v) is 9.65. The van der Waals surface area contributed by atoms with Gasteiger partial charge in [0.25, 0.3) is 11.6 Å². The summed E-state index contributed by atoms with van der Waals surface area (Å²) in [7, 11) is 0. The van der Waals surface area contributed by atoms with Gasteiger partial charge in [0, 0.05) is 44.5 Å². The SMILES string of the molecule is Cc1c(C(=O)N2CCN(c3ncccc3Cl)CC2)nnn1-c1cccc([N+](=O)[O-])c1. The van der Waals surface area contributed by atoms with Crippen LogP contribution in [0.25, 0.3) is 5.69 Å². The zero-order chi connectivity index (χ0) is 21.3. The van der Waals surface area contributed by atoms with Gasteiger partial charge in [-0.3, -0.25) is 14.9 Å². The van der Waals surface area contributed by atoms with Crippen LogP contribution in [0.1, 0.15) is 16.2 Å². The standard InChI is InChI=1S/C19H18ClN7O3/c1-13-17(22-23-26(13)14-4-2-5-15(12-14)27(29)30)19(28)25-10-8-24(9-11-25)18-16(20)6-3-7-21-18/h2-7,12H,8-11H2,1H3. The second-order valence-corrected chi connectivity index (χ2v) is 7.21. The minimum atomic E-state index is -0.477. The van der Waals surface area contributed by atoms with Crippen LogP contribution < -0.4 is 4.90 Å². The fourth-order valence-electron chi connectivity index (χ4n) is 3.39. The third-order valence-corrected chi connectivity index (χ3v) is 5.28. The third-order valence-electron chi connectivity index (χ3n) is 4.99. The maximum Gasteiger partial charge on any atom is 0.276 e. The number of hydrogen-bond acceptors (Lipinski definition) is 7. The molecule has 1 saturated heterocycles. The largest absolute Gasteiger partial charge is 0.352 e. The van der Waals surface area contributed by atoms with E-state index in [4.69, 9.17) is 11.6 Å². The summed E-state index contributed by atoms with van der Waals surface area (Å²) in [6.45, 7) is 3.90. The Morgan fingerprint density at radius 3 is 2.63 bits per heavy atom. The number of hydrogen-bond donors (Lipinski definition) is 0. The molecule has 1 aromatic carbocycles. The number of nitro groups is 1. The van der Waals surface area contributed by atoms with Crippen LogP contribution in [0.15, 0.2) is 42.6 Å². The fourth-order valence-corrected chi connectivity index (χ4v) is 3.63. The molecule has 1 amide bonds. The van der Waals surface area contributed by atoms with Crippen molar-refractivity contribution in [2.45, 2.75) is 6.92 Å². The maximum absolute atomic E-state index is 13.0. The van der Waals surface area contributed by atoms with E-state index in [1.165, 1.54) is 16.8 Å². The van der Waals surface area contributed by atoms with Gasteiger partial charge in [-0.15, -0.1) is 5.10 Å². The molecule has 0 unspecified atom stereocenters. The Morgan fingerprint density at radius 2 is 1.93 bits per heavy atom. The topological polar surface area (TPSA) is 110 Å². The highest BCUT2D eigenvalue weighted by Gasteiger charge is 2.27. The molecular weight excluding hydrogens is 410 g/mol. The second-order valence-electron chi connectivity index (χ2n) is 6.80. The van der Waals surface area contributed by atoms with Gasteiger partial charge >= 0.3 is 0 Å². The van der Waals surface area contributed by atoms with Crippen LogP contribution in [0.5, 0.6) is 0 Å². The van der Waals surface area contributed by atoms with Crippen LogP contribution in [0, 0.1) is 17.0 Å². The van der Waals surface area contributed by atoms with Crippen molar-refractivity contribution in [3.05, 3.63) is 69.1 Å². The van der Waals surface area contributed by atoms with Crippen LogP contribution in [-0.2, 0) is 0 Å². The van der Waals surface area contributed by atoms with Crippen molar-refractivity contribution in [2.24, 2.45) is 0 Å². The molecule has 11 heteroatoms. The Labute approximate surface area is 176 Å². The monoisotopic (exact) mass is 427 g/mol. The van der Waals surface area contributed by atoms with Gasteiger partial charge in [0.05, 0.1) is 21.3 Å². The van der Waals surface area contributed by atoms with E-state index < -0.39 is 4.92 Å². The first-order chi connectivity index (χ1) is 14.5. The molecule has 0 atom stereocenters. The predicted molar refractivity (Wildman–Crippen MR) is 110 cm³/mol. The van der Waals surface area contributed by atoms with E-state index in [1.54, 1.807) is 42.3 Å². The van der Waals surface area contributed by atoms with E-state index in [2.05, 4.69) is 15.3 Å². The zero-order valence-electron chi connectivity index (χ0n) is 16.1. The number of halogens is 1. The fraction of sp³-hybridized carbons (Fsp3) is 0.263. The number of carbonyl (C=O) groups excluding carboxylic acids is 1. The number of rotatable bonds is 4. The number of nitrogens with zero attached hydrogens (tertiary/aromatic N) is 7. The minimum absolute atomic E-state index is 0.0559. The van der Waals surface area contributed by atoms with Gasteiger partial charge in [-0.2, -0.15) is 0 Å². The van der Waals surface area contributed by atoms with E-state index in [1.807, 2.05) is 4.90 Å². The Hall–Kier alpha value is -3.53. The lowest BCUT2D eigenvalue weighted by atomic mass is 10.2. The van der Waals surface area contributed by atoms with Crippen molar-refractivity contribution >= 4 is 29.0 Å². The Balaban J connectivity index is 1.50. The molecule has 3 heterocycles. The van der Waals surface area contributed by atoms with E-state index >= 15 is 0 Å². The Kier molecular flexibility index (Phi) is 5.32. The summed E-state index contributed by atoms with van der Waals surface area (Å²) in [6.07, 6.45) is 1.69. The lowest BCUT2D eigenvalue weighted by Crippen LogP contribution is -2.49.